The number of nitrogens with zero attached hydrogens (tertiary/aromatic N) is 1. The van der Waals surface area contributed by atoms with Crippen molar-refractivity contribution in [2.45, 2.75) is 13.1 Å². The average Bonchev–Trinajstić information content (AvgIpc) is 2.60. The molecular formula is C12H15NS. The van der Waals surface area contributed by atoms with Crippen LogP contribution in [0.15, 0.2) is 36.4 Å². The van der Waals surface area contributed by atoms with Crippen LogP contribution in [0.5, 0.6) is 0 Å². The zero-order valence-electron chi connectivity index (χ0n) is 8.19. The first kappa shape index (κ1) is 9.81. The van der Waals surface area contributed by atoms with E-state index < -0.39 is 0 Å². The van der Waals surface area contributed by atoms with Crippen LogP contribution in [-0.4, -0.2) is 17.2 Å². The van der Waals surface area contributed by atoms with Crippen LogP contribution < -0.4 is 0 Å². The summed E-state index contributed by atoms with van der Waals surface area (Å²) in [5.74, 6) is 0.834. The van der Waals surface area contributed by atoms with Crippen LogP contribution in [0.2, 0.25) is 0 Å². The first-order valence-electron chi connectivity index (χ1n) is 4.95. The smallest absolute Gasteiger partial charge is 0.0243 e. The predicted molar refractivity (Wildman–Crippen MR) is 63.5 cm³/mol. The monoisotopic (exact) mass is 205 g/mol. The maximum Gasteiger partial charge on any atom is 0.0243 e. The Hall–Kier alpha value is -0.730. The molecule has 0 amide bonds. The summed E-state index contributed by atoms with van der Waals surface area (Å²) in [6.45, 7) is 3.22. The number of hydrogen-bond acceptors (Lipinski definition) is 2. The van der Waals surface area contributed by atoms with Gasteiger partial charge in [-0.3, -0.25) is 4.90 Å². The minimum Gasteiger partial charge on any atom is -0.291 e. The summed E-state index contributed by atoms with van der Waals surface area (Å²) in [6.07, 6.45) is 4.30. The van der Waals surface area contributed by atoms with E-state index in [9.17, 15) is 0 Å². The van der Waals surface area contributed by atoms with Gasteiger partial charge in [-0.05, 0) is 11.1 Å². The molecule has 0 bridgehead atoms. The van der Waals surface area contributed by atoms with Gasteiger partial charge in [0.15, 0.2) is 0 Å². The Balaban J connectivity index is 1.95. The Morgan fingerprint density at radius 1 is 1.14 bits per heavy atom. The number of rotatable bonds is 3. The highest BCUT2D eigenvalue weighted by Gasteiger charge is 2.16. The zero-order chi connectivity index (χ0) is 9.80. The lowest BCUT2D eigenvalue weighted by Gasteiger charge is -2.10. The molecule has 0 radical (unpaired) electrons. The summed E-state index contributed by atoms with van der Waals surface area (Å²) in [5, 5.41) is 0. The molecule has 1 aromatic rings. The number of hydrogen-bond donors (Lipinski definition) is 1. The van der Waals surface area contributed by atoms with Gasteiger partial charge in [-0.2, -0.15) is 12.6 Å². The molecule has 14 heavy (non-hydrogen) atoms. The molecule has 0 atom stereocenters. The Kier molecular flexibility index (Phi) is 3.27. The van der Waals surface area contributed by atoms with E-state index in [0.29, 0.717) is 0 Å². The largest absolute Gasteiger partial charge is 0.291 e. The minimum atomic E-state index is 0.834. The van der Waals surface area contributed by atoms with Gasteiger partial charge in [0, 0.05) is 25.4 Å². The van der Waals surface area contributed by atoms with Crippen molar-refractivity contribution in [3.8, 4) is 0 Å². The summed E-state index contributed by atoms with van der Waals surface area (Å²) in [7, 11) is 0. The van der Waals surface area contributed by atoms with Gasteiger partial charge in [0.25, 0.3) is 0 Å². The number of fused-ring (bicyclic) bond motifs is 1. The molecule has 1 aromatic carbocycles. The normalized spacial score (nSPS) is 16.4. The molecule has 1 aliphatic rings. The van der Waals surface area contributed by atoms with Crippen LogP contribution in [0, 0.1) is 0 Å². The van der Waals surface area contributed by atoms with Crippen LogP contribution in [-0.2, 0) is 13.1 Å². The van der Waals surface area contributed by atoms with E-state index in [2.05, 4.69) is 53.9 Å². The highest BCUT2D eigenvalue weighted by molar-refractivity contribution is 7.80. The van der Waals surface area contributed by atoms with Crippen molar-refractivity contribution in [3.05, 3.63) is 47.5 Å². The van der Waals surface area contributed by atoms with Crippen molar-refractivity contribution in [2.75, 3.05) is 12.3 Å². The van der Waals surface area contributed by atoms with Gasteiger partial charge in [-0.25, -0.2) is 0 Å². The summed E-state index contributed by atoms with van der Waals surface area (Å²) >= 11 is 4.14. The number of benzene rings is 1. The molecule has 2 rings (SSSR count). The predicted octanol–water partition coefficient (Wildman–Crippen LogP) is 2.49. The lowest BCUT2D eigenvalue weighted by Crippen LogP contribution is -2.15. The third-order valence-corrected chi connectivity index (χ3v) is 2.75. The van der Waals surface area contributed by atoms with Crippen molar-refractivity contribution < 1.29 is 0 Å². The first-order valence-corrected chi connectivity index (χ1v) is 5.58. The third-order valence-electron chi connectivity index (χ3n) is 2.54. The molecule has 0 aliphatic carbocycles. The summed E-state index contributed by atoms with van der Waals surface area (Å²) in [5.41, 5.74) is 2.96. The van der Waals surface area contributed by atoms with Crippen molar-refractivity contribution >= 4 is 12.6 Å². The van der Waals surface area contributed by atoms with Crippen LogP contribution in [0.1, 0.15) is 11.1 Å². The second-order valence-electron chi connectivity index (χ2n) is 3.59. The van der Waals surface area contributed by atoms with E-state index in [1.54, 1.807) is 0 Å². The van der Waals surface area contributed by atoms with Crippen molar-refractivity contribution in [1.29, 1.82) is 0 Å². The molecule has 0 N–H and O–H groups in total. The van der Waals surface area contributed by atoms with Gasteiger partial charge in [-0.15, -0.1) is 0 Å². The fourth-order valence-electron chi connectivity index (χ4n) is 1.83. The van der Waals surface area contributed by atoms with Crippen LogP contribution in [0.25, 0.3) is 0 Å². The molecule has 0 saturated heterocycles. The molecule has 0 fully saturated rings. The topological polar surface area (TPSA) is 3.24 Å². The van der Waals surface area contributed by atoms with E-state index in [4.69, 9.17) is 0 Å². The van der Waals surface area contributed by atoms with Crippen molar-refractivity contribution in [3.63, 3.8) is 0 Å². The second-order valence-corrected chi connectivity index (χ2v) is 3.96. The van der Waals surface area contributed by atoms with Gasteiger partial charge in [-0.1, -0.05) is 36.4 Å². The van der Waals surface area contributed by atoms with E-state index in [0.717, 1.165) is 25.4 Å². The molecule has 0 unspecified atom stereocenters. The molecule has 1 aliphatic heterocycles. The van der Waals surface area contributed by atoms with Gasteiger partial charge >= 0.3 is 0 Å². The van der Waals surface area contributed by atoms with Crippen LogP contribution >= 0.6 is 12.6 Å². The Labute approximate surface area is 90.8 Å². The molecular weight excluding hydrogens is 190 g/mol. The van der Waals surface area contributed by atoms with Gasteiger partial charge < -0.3 is 0 Å². The summed E-state index contributed by atoms with van der Waals surface area (Å²) < 4.78 is 0. The van der Waals surface area contributed by atoms with Gasteiger partial charge in [0.05, 0.1) is 0 Å². The van der Waals surface area contributed by atoms with Crippen LogP contribution in [0.3, 0.4) is 0 Å². The maximum atomic E-state index is 4.14. The van der Waals surface area contributed by atoms with Gasteiger partial charge in [0.2, 0.25) is 0 Å². The Morgan fingerprint density at radius 2 is 1.79 bits per heavy atom. The Bertz CT molecular complexity index is 308. The summed E-state index contributed by atoms with van der Waals surface area (Å²) in [4.78, 5) is 2.44. The molecule has 0 spiro atoms. The minimum absolute atomic E-state index is 0.834. The van der Waals surface area contributed by atoms with E-state index in [-0.39, 0.29) is 0 Å². The van der Waals surface area contributed by atoms with Crippen molar-refractivity contribution in [1.82, 2.24) is 4.90 Å². The highest BCUT2D eigenvalue weighted by Crippen LogP contribution is 2.21. The molecule has 2 heteroatoms. The molecule has 74 valence electrons. The van der Waals surface area contributed by atoms with Crippen LogP contribution in [0.4, 0.5) is 0 Å². The van der Waals surface area contributed by atoms with E-state index >= 15 is 0 Å². The van der Waals surface area contributed by atoms with Crippen molar-refractivity contribution in [2.24, 2.45) is 0 Å². The second kappa shape index (κ2) is 4.67. The molecule has 0 saturated carbocycles. The SMILES string of the molecule is SCC=CCN1Cc2ccccc2C1. The lowest BCUT2D eigenvalue weighted by atomic mass is 10.1. The number of thiol groups is 1. The zero-order valence-corrected chi connectivity index (χ0v) is 9.08. The van der Waals surface area contributed by atoms with Gasteiger partial charge in [0.1, 0.15) is 0 Å². The first-order chi connectivity index (χ1) is 6.90. The third kappa shape index (κ3) is 2.20. The molecule has 1 heterocycles. The maximum absolute atomic E-state index is 4.14. The standard InChI is InChI=1S/C12H15NS/c14-8-4-3-7-13-9-11-5-1-2-6-12(11)10-13/h1-6,14H,7-10H2. The van der Waals surface area contributed by atoms with E-state index in [1.165, 1.54) is 11.1 Å². The fourth-order valence-corrected chi connectivity index (χ4v) is 1.98. The lowest BCUT2D eigenvalue weighted by molar-refractivity contribution is 0.317. The Morgan fingerprint density at radius 3 is 2.36 bits per heavy atom. The van der Waals surface area contributed by atoms with E-state index in [1.807, 2.05) is 0 Å². The highest BCUT2D eigenvalue weighted by atomic mass is 32.1. The average molecular weight is 205 g/mol. The summed E-state index contributed by atoms with van der Waals surface area (Å²) in [6, 6.07) is 8.67. The fraction of sp³-hybridized carbons (Fsp3) is 0.333. The quantitative estimate of drug-likeness (QED) is 0.586. The molecule has 0 aromatic heterocycles. The molecule has 1 nitrogen and oxygen atoms in total.